The number of hydrogen-bond donors (Lipinski definition) is 2. The molecule has 0 unspecified atom stereocenters. The molecule has 8 heteroatoms. The molecule has 32 heavy (non-hydrogen) atoms. The number of hydrogen-bond acceptors (Lipinski definition) is 5. The van der Waals surface area contributed by atoms with Crippen LogP contribution in [-0.2, 0) is 13.0 Å². The number of carbonyl (C=O) groups excluding carboxylic acids is 1. The second kappa shape index (κ2) is 7.56. The summed E-state index contributed by atoms with van der Waals surface area (Å²) >= 11 is 0. The summed E-state index contributed by atoms with van der Waals surface area (Å²) in [6, 6.07) is 13.1. The number of amides is 1. The molecular weight excluding hydrogens is 416 g/mol. The van der Waals surface area contributed by atoms with Crippen LogP contribution in [0.15, 0.2) is 54.6 Å². The summed E-state index contributed by atoms with van der Waals surface area (Å²) in [6.07, 6.45) is 0.365. The molecule has 0 atom stereocenters. The van der Waals surface area contributed by atoms with E-state index in [1.165, 1.54) is 12.1 Å². The number of aromatic nitrogens is 2. The SMILES string of the molecule is O=C(c1nc(-c2ccc(F)cc2F)nc2ccccc12)N1CCc2c(ccc(O)c2O)C1. The van der Waals surface area contributed by atoms with Crippen molar-refractivity contribution in [2.75, 3.05) is 6.54 Å². The van der Waals surface area contributed by atoms with Crippen LogP contribution in [0.3, 0.4) is 0 Å². The predicted octanol–water partition coefficient (Wildman–Crippen LogP) is 4.18. The fraction of sp³-hybridized carbons (Fsp3) is 0.125. The summed E-state index contributed by atoms with van der Waals surface area (Å²) in [5.41, 5.74) is 1.90. The van der Waals surface area contributed by atoms with Gasteiger partial charge in [0.05, 0.1) is 11.1 Å². The maximum Gasteiger partial charge on any atom is 0.273 e. The van der Waals surface area contributed by atoms with Crippen molar-refractivity contribution < 1.29 is 23.8 Å². The van der Waals surface area contributed by atoms with E-state index in [2.05, 4.69) is 9.97 Å². The lowest BCUT2D eigenvalue weighted by Crippen LogP contribution is -2.36. The summed E-state index contributed by atoms with van der Waals surface area (Å²) in [5, 5.41) is 20.3. The molecule has 0 saturated carbocycles. The molecule has 1 amide bonds. The van der Waals surface area contributed by atoms with Crippen LogP contribution >= 0.6 is 0 Å². The van der Waals surface area contributed by atoms with Crippen molar-refractivity contribution in [2.45, 2.75) is 13.0 Å². The Morgan fingerprint density at radius 3 is 2.62 bits per heavy atom. The third-order valence-corrected chi connectivity index (χ3v) is 5.62. The van der Waals surface area contributed by atoms with E-state index in [-0.39, 0.29) is 41.0 Å². The van der Waals surface area contributed by atoms with Crippen molar-refractivity contribution in [3.63, 3.8) is 0 Å². The molecule has 0 aliphatic carbocycles. The zero-order chi connectivity index (χ0) is 22.4. The number of nitrogens with zero attached hydrogens (tertiary/aromatic N) is 3. The Morgan fingerprint density at radius 1 is 1.00 bits per heavy atom. The van der Waals surface area contributed by atoms with E-state index in [0.717, 1.165) is 17.7 Å². The van der Waals surface area contributed by atoms with Gasteiger partial charge in [0, 0.05) is 30.1 Å². The van der Waals surface area contributed by atoms with Crippen LogP contribution in [-0.4, -0.2) is 37.5 Å². The van der Waals surface area contributed by atoms with Gasteiger partial charge in [-0.1, -0.05) is 24.3 Å². The summed E-state index contributed by atoms with van der Waals surface area (Å²) in [4.78, 5) is 23.8. The molecule has 5 rings (SSSR count). The third-order valence-electron chi connectivity index (χ3n) is 5.62. The molecule has 0 radical (unpaired) electrons. The first kappa shape index (κ1) is 19.9. The standard InChI is InChI=1S/C24H17F2N3O3/c25-14-6-7-16(18(26)11-14)23-27-19-4-2-1-3-17(19)21(28-23)24(32)29-10-9-15-13(12-29)5-8-20(30)22(15)31/h1-8,11,30-31H,9-10,12H2. The highest BCUT2D eigenvalue weighted by Gasteiger charge is 2.27. The molecule has 0 bridgehead atoms. The molecule has 1 aliphatic heterocycles. The molecule has 6 nitrogen and oxygen atoms in total. The van der Waals surface area contributed by atoms with Gasteiger partial charge in [0.1, 0.15) is 17.3 Å². The molecule has 1 aromatic heterocycles. The lowest BCUT2D eigenvalue weighted by Gasteiger charge is -2.29. The topological polar surface area (TPSA) is 86.6 Å². The summed E-state index contributed by atoms with van der Waals surface area (Å²) in [7, 11) is 0. The van der Waals surface area contributed by atoms with Crippen molar-refractivity contribution in [3.05, 3.63) is 83.1 Å². The molecule has 3 aromatic carbocycles. The first-order valence-corrected chi connectivity index (χ1v) is 9.96. The van der Waals surface area contributed by atoms with Gasteiger partial charge < -0.3 is 15.1 Å². The minimum atomic E-state index is -0.819. The van der Waals surface area contributed by atoms with Gasteiger partial charge >= 0.3 is 0 Å². The predicted molar refractivity (Wildman–Crippen MR) is 113 cm³/mol. The van der Waals surface area contributed by atoms with Crippen LogP contribution in [0.1, 0.15) is 21.6 Å². The summed E-state index contributed by atoms with van der Waals surface area (Å²) < 4.78 is 27.8. The van der Waals surface area contributed by atoms with E-state index < -0.39 is 11.6 Å². The summed E-state index contributed by atoms with van der Waals surface area (Å²) in [5.74, 6) is -2.28. The molecule has 0 spiro atoms. The maximum atomic E-state index is 14.4. The minimum absolute atomic E-state index is 0.00408. The van der Waals surface area contributed by atoms with E-state index >= 15 is 0 Å². The molecule has 160 valence electrons. The van der Waals surface area contributed by atoms with Gasteiger partial charge in [0.15, 0.2) is 17.3 Å². The number of phenolic OH excluding ortho intramolecular Hbond substituents is 2. The number of fused-ring (bicyclic) bond motifs is 2. The number of halogens is 2. The largest absolute Gasteiger partial charge is 0.504 e. The number of para-hydroxylation sites is 1. The summed E-state index contributed by atoms with van der Waals surface area (Å²) in [6.45, 7) is 0.530. The average molecular weight is 433 g/mol. The minimum Gasteiger partial charge on any atom is -0.504 e. The average Bonchev–Trinajstić information content (AvgIpc) is 2.80. The van der Waals surface area contributed by atoms with E-state index in [1.54, 1.807) is 35.2 Å². The quantitative estimate of drug-likeness (QED) is 0.463. The van der Waals surface area contributed by atoms with Gasteiger partial charge in [-0.25, -0.2) is 18.7 Å². The van der Waals surface area contributed by atoms with Gasteiger partial charge in [-0.2, -0.15) is 0 Å². The number of aromatic hydroxyl groups is 2. The highest BCUT2D eigenvalue weighted by Crippen LogP contribution is 2.35. The van der Waals surface area contributed by atoms with Crippen LogP contribution in [0.5, 0.6) is 11.5 Å². The third kappa shape index (κ3) is 3.30. The number of phenols is 2. The Hall–Kier alpha value is -4.07. The second-order valence-electron chi connectivity index (χ2n) is 7.58. The first-order valence-electron chi connectivity index (χ1n) is 9.96. The van der Waals surface area contributed by atoms with Crippen LogP contribution in [0.25, 0.3) is 22.3 Å². The van der Waals surface area contributed by atoms with Gasteiger partial charge in [0.25, 0.3) is 5.91 Å². The number of rotatable bonds is 2. The first-order chi connectivity index (χ1) is 15.4. The van der Waals surface area contributed by atoms with Gasteiger partial charge in [0.2, 0.25) is 0 Å². The highest BCUT2D eigenvalue weighted by molar-refractivity contribution is 6.05. The van der Waals surface area contributed by atoms with E-state index in [9.17, 15) is 23.8 Å². The van der Waals surface area contributed by atoms with E-state index in [0.29, 0.717) is 29.4 Å². The molecule has 1 aliphatic rings. The number of benzene rings is 3. The fourth-order valence-corrected chi connectivity index (χ4v) is 3.98. The van der Waals surface area contributed by atoms with Crippen LogP contribution in [0, 0.1) is 11.6 Å². The Morgan fingerprint density at radius 2 is 1.81 bits per heavy atom. The molecular formula is C24H17F2N3O3. The Labute approximate surface area is 181 Å². The Bertz CT molecular complexity index is 1390. The van der Waals surface area contributed by atoms with E-state index in [4.69, 9.17) is 0 Å². The molecule has 2 N–H and O–H groups in total. The fourth-order valence-electron chi connectivity index (χ4n) is 3.98. The molecule has 2 heterocycles. The van der Waals surface area contributed by atoms with Crippen molar-refractivity contribution in [3.8, 4) is 22.9 Å². The second-order valence-corrected chi connectivity index (χ2v) is 7.58. The van der Waals surface area contributed by atoms with Crippen molar-refractivity contribution in [1.82, 2.24) is 14.9 Å². The number of carbonyl (C=O) groups is 1. The lowest BCUT2D eigenvalue weighted by atomic mass is 9.97. The highest BCUT2D eigenvalue weighted by atomic mass is 19.1. The Balaban J connectivity index is 1.59. The van der Waals surface area contributed by atoms with Crippen LogP contribution in [0.4, 0.5) is 8.78 Å². The lowest BCUT2D eigenvalue weighted by molar-refractivity contribution is 0.0730. The van der Waals surface area contributed by atoms with Gasteiger partial charge in [-0.15, -0.1) is 0 Å². The van der Waals surface area contributed by atoms with Crippen molar-refractivity contribution in [1.29, 1.82) is 0 Å². The van der Waals surface area contributed by atoms with Crippen LogP contribution in [0.2, 0.25) is 0 Å². The van der Waals surface area contributed by atoms with Crippen molar-refractivity contribution >= 4 is 16.8 Å². The molecule has 0 saturated heterocycles. The molecule has 0 fully saturated rings. The van der Waals surface area contributed by atoms with Crippen LogP contribution < -0.4 is 0 Å². The zero-order valence-corrected chi connectivity index (χ0v) is 16.7. The smallest absolute Gasteiger partial charge is 0.273 e. The van der Waals surface area contributed by atoms with Gasteiger partial charge in [-0.3, -0.25) is 4.79 Å². The Kier molecular flexibility index (Phi) is 4.70. The zero-order valence-electron chi connectivity index (χ0n) is 16.7. The van der Waals surface area contributed by atoms with Crippen molar-refractivity contribution in [2.24, 2.45) is 0 Å². The van der Waals surface area contributed by atoms with E-state index in [1.807, 2.05) is 0 Å². The monoisotopic (exact) mass is 433 g/mol. The normalized spacial score (nSPS) is 13.2. The maximum absolute atomic E-state index is 14.4. The molecule has 4 aromatic rings. The van der Waals surface area contributed by atoms with Gasteiger partial charge in [-0.05, 0) is 36.2 Å².